The van der Waals surface area contributed by atoms with Gasteiger partial charge in [0.05, 0.1) is 23.2 Å². The Hall–Kier alpha value is -1.36. The standard InChI is InChI=1S/C14H20N2O2S/c1-3-16(9-11-5-4-6-18-11)13(17)14(12(15)19)7-10(2)8-14/h4-6,10H,3,7-9H2,1-2H3,(H2,15,19). The average molecular weight is 280 g/mol. The summed E-state index contributed by atoms with van der Waals surface area (Å²) in [6.45, 7) is 5.17. The van der Waals surface area contributed by atoms with Gasteiger partial charge in [0.15, 0.2) is 0 Å². The van der Waals surface area contributed by atoms with E-state index in [-0.39, 0.29) is 5.91 Å². The third-order valence-corrected chi connectivity index (χ3v) is 4.26. The van der Waals surface area contributed by atoms with Crippen LogP contribution in [0, 0.1) is 11.3 Å². The molecule has 5 heteroatoms. The smallest absolute Gasteiger partial charge is 0.236 e. The summed E-state index contributed by atoms with van der Waals surface area (Å²) in [5.41, 5.74) is 5.19. The molecule has 0 aliphatic heterocycles. The lowest BCUT2D eigenvalue weighted by Crippen LogP contribution is -2.56. The van der Waals surface area contributed by atoms with Gasteiger partial charge in [-0.1, -0.05) is 19.1 Å². The molecule has 19 heavy (non-hydrogen) atoms. The van der Waals surface area contributed by atoms with Crippen molar-refractivity contribution in [2.24, 2.45) is 17.1 Å². The number of furan rings is 1. The Morgan fingerprint density at radius 3 is 2.74 bits per heavy atom. The van der Waals surface area contributed by atoms with Crippen molar-refractivity contribution in [3.63, 3.8) is 0 Å². The third kappa shape index (κ3) is 2.52. The van der Waals surface area contributed by atoms with Crippen LogP contribution in [0.2, 0.25) is 0 Å². The molecule has 0 radical (unpaired) electrons. The molecule has 1 aromatic rings. The molecule has 4 nitrogen and oxygen atoms in total. The quantitative estimate of drug-likeness (QED) is 0.841. The molecule has 1 amide bonds. The summed E-state index contributed by atoms with van der Waals surface area (Å²) in [6.07, 6.45) is 3.13. The summed E-state index contributed by atoms with van der Waals surface area (Å²) in [6, 6.07) is 3.69. The summed E-state index contributed by atoms with van der Waals surface area (Å²) in [7, 11) is 0. The molecule has 0 aromatic carbocycles. The highest BCUT2D eigenvalue weighted by Gasteiger charge is 2.52. The molecule has 2 N–H and O–H groups in total. The second-order valence-electron chi connectivity index (χ2n) is 5.36. The summed E-state index contributed by atoms with van der Waals surface area (Å²) in [5.74, 6) is 1.32. The van der Waals surface area contributed by atoms with Crippen LogP contribution in [0.25, 0.3) is 0 Å². The Labute approximate surface area is 118 Å². The first-order chi connectivity index (χ1) is 8.99. The van der Waals surface area contributed by atoms with Gasteiger partial charge < -0.3 is 15.1 Å². The first kappa shape index (κ1) is 14.1. The average Bonchev–Trinajstić information content (AvgIpc) is 2.83. The minimum Gasteiger partial charge on any atom is -0.467 e. The Balaban J connectivity index is 2.13. The van der Waals surface area contributed by atoms with Gasteiger partial charge in [-0.3, -0.25) is 4.79 Å². The van der Waals surface area contributed by atoms with Crippen LogP contribution >= 0.6 is 12.2 Å². The van der Waals surface area contributed by atoms with E-state index in [4.69, 9.17) is 22.4 Å². The fourth-order valence-corrected chi connectivity index (χ4v) is 3.09. The van der Waals surface area contributed by atoms with Gasteiger partial charge >= 0.3 is 0 Å². The van der Waals surface area contributed by atoms with Gasteiger partial charge in [-0.25, -0.2) is 0 Å². The maximum absolute atomic E-state index is 12.7. The predicted molar refractivity (Wildman–Crippen MR) is 77.4 cm³/mol. The zero-order chi connectivity index (χ0) is 14.0. The number of nitrogens with zero attached hydrogens (tertiary/aromatic N) is 1. The minimum absolute atomic E-state index is 0.0389. The van der Waals surface area contributed by atoms with E-state index in [0.29, 0.717) is 24.0 Å². The van der Waals surface area contributed by atoms with Gasteiger partial charge in [0.2, 0.25) is 5.91 Å². The van der Waals surface area contributed by atoms with Crippen molar-refractivity contribution >= 4 is 23.1 Å². The van der Waals surface area contributed by atoms with Gasteiger partial charge in [0.1, 0.15) is 5.76 Å². The molecule has 0 spiro atoms. The first-order valence-electron chi connectivity index (χ1n) is 6.61. The van der Waals surface area contributed by atoms with Gasteiger partial charge in [-0.15, -0.1) is 0 Å². The third-order valence-electron chi connectivity index (χ3n) is 3.87. The normalized spacial score (nSPS) is 25.7. The number of rotatable bonds is 5. The van der Waals surface area contributed by atoms with E-state index >= 15 is 0 Å². The van der Waals surface area contributed by atoms with Crippen molar-refractivity contribution in [3.8, 4) is 0 Å². The van der Waals surface area contributed by atoms with E-state index in [0.717, 1.165) is 18.6 Å². The highest BCUT2D eigenvalue weighted by Crippen LogP contribution is 2.47. The predicted octanol–water partition coefficient (Wildman–Crippen LogP) is 2.33. The maximum Gasteiger partial charge on any atom is 0.236 e. The van der Waals surface area contributed by atoms with E-state index in [1.165, 1.54) is 0 Å². The summed E-state index contributed by atoms with van der Waals surface area (Å²) < 4.78 is 5.30. The van der Waals surface area contributed by atoms with Crippen LogP contribution in [0.15, 0.2) is 22.8 Å². The summed E-state index contributed by atoms with van der Waals surface area (Å²) in [5, 5.41) is 0. The summed E-state index contributed by atoms with van der Waals surface area (Å²) in [4.78, 5) is 14.8. The number of carbonyl (C=O) groups excluding carboxylic acids is 1. The summed E-state index contributed by atoms with van der Waals surface area (Å²) >= 11 is 5.13. The van der Waals surface area contributed by atoms with E-state index in [9.17, 15) is 4.79 Å². The molecule has 0 atom stereocenters. The Bertz CT molecular complexity index is 464. The molecule has 1 aliphatic rings. The number of amides is 1. The number of carbonyl (C=O) groups is 1. The number of nitrogens with two attached hydrogens (primary N) is 1. The fourth-order valence-electron chi connectivity index (χ4n) is 2.83. The molecule has 2 rings (SSSR count). The van der Waals surface area contributed by atoms with Crippen molar-refractivity contribution in [2.75, 3.05) is 6.54 Å². The Morgan fingerprint density at radius 2 is 2.32 bits per heavy atom. The lowest BCUT2D eigenvalue weighted by Gasteiger charge is -2.46. The van der Waals surface area contributed by atoms with E-state index in [1.54, 1.807) is 11.2 Å². The molecule has 0 saturated heterocycles. The highest BCUT2D eigenvalue weighted by atomic mass is 32.1. The largest absolute Gasteiger partial charge is 0.467 e. The monoisotopic (exact) mass is 280 g/mol. The van der Waals surface area contributed by atoms with Crippen LogP contribution in [0.1, 0.15) is 32.4 Å². The molecule has 1 aliphatic carbocycles. The zero-order valence-corrected chi connectivity index (χ0v) is 12.2. The minimum atomic E-state index is -0.628. The SMILES string of the molecule is CCN(Cc1ccco1)C(=O)C1(C(N)=S)CC(C)C1. The van der Waals surface area contributed by atoms with Crippen molar-refractivity contribution in [1.29, 1.82) is 0 Å². The molecule has 1 heterocycles. The molecule has 1 aromatic heterocycles. The second-order valence-corrected chi connectivity index (χ2v) is 5.80. The van der Waals surface area contributed by atoms with Gasteiger partial charge in [0, 0.05) is 6.54 Å². The van der Waals surface area contributed by atoms with Crippen LogP contribution < -0.4 is 5.73 Å². The Kier molecular flexibility index (Phi) is 3.94. The van der Waals surface area contributed by atoms with E-state index in [1.807, 2.05) is 19.1 Å². The van der Waals surface area contributed by atoms with Gasteiger partial charge in [0.25, 0.3) is 0 Å². The van der Waals surface area contributed by atoms with E-state index in [2.05, 4.69) is 6.92 Å². The van der Waals surface area contributed by atoms with Crippen LogP contribution in [0.3, 0.4) is 0 Å². The van der Waals surface area contributed by atoms with Crippen molar-refractivity contribution in [2.45, 2.75) is 33.2 Å². The van der Waals surface area contributed by atoms with Crippen molar-refractivity contribution < 1.29 is 9.21 Å². The fraction of sp³-hybridized carbons (Fsp3) is 0.571. The van der Waals surface area contributed by atoms with Gasteiger partial charge in [-0.05, 0) is 37.8 Å². The van der Waals surface area contributed by atoms with Crippen LogP contribution in [-0.4, -0.2) is 22.3 Å². The second kappa shape index (κ2) is 5.33. The molecule has 0 unspecified atom stereocenters. The molecule has 1 fully saturated rings. The highest BCUT2D eigenvalue weighted by molar-refractivity contribution is 7.80. The molecule has 0 bridgehead atoms. The molecular formula is C14H20N2O2S. The topological polar surface area (TPSA) is 59.5 Å². The van der Waals surface area contributed by atoms with Gasteiger partial charge in [-0.2, -0.15) is 0 Å². The lowest BCUT2D eigenvalue weighted by molar-refractivity contribution is -0.144. The zero-order valence-electron chi connectivity index (χ0n) is 11.4. The first-order valence-corrected chi connectivity index (χ1v) is 7.02. The maximum atomic E-state index is 12.7. The van der Waals surface area contributed by atoms with Crippen molar-refractivity contribution in [3.05, 3.63) is 24.2 Å². The van der Waals surface area contributed by atoms with E-state index < -0.39 is 5.41 Å². The number of thiocarbonyl (C=S) groups is 1. The molecular weight excluding hydrogens is 260 g/mol. The lowest BCUT2D eigenvalue weighted by atomic mass is 9.61. The number of hydrogen-bond donors (Lipinski definition) is 1. The molecule has 104 valence electrons. The Morgan fingerprint density at radius 1 is 1.63 bits per heavy atom. The molecule has 1 saturated carbocycles. The van der Waals surface area contributed by atoms with Crippen molar-refractivity contribution in [1.82, 2.24) is 4.90 Å². The van der Waals surface area contributed by atoms with Crippen LogP contribution in [0.5, 0.6) is 0 Å². The number of hydrogen-bond acceptors (Lipinski definition) is 3. The van der Waals surface area contributed by atoms with Crippen LogP contribution in [-0.2, 0) is 11.3 Å². The van der Waals surface area contributed by atoms with Crippen LogP contribution in [0.4, 0.5) is 0 Å².